The quantitative estimate of drug-likeness (QED) is 0.750. The molecule has 2 rings (SSSR count). The second-order valence-electron chi connectivity index (χ2n) is 4.07. The van der Waals surface area contributed by atoms with Crippen LogP contribution in [0.2, 0.25) is 0 Å². The van der Waals surface area contributed by atoms with Gasteiger partial charge in [0, 0.05) is 13.1 Å². The maximum atomic E-state index is 12.8. The third-order valence-corrected chi connectivity index (χ3v) is 2.93. The second kappa shape index (κ2) is 4.07. The number of hydrogen-bond acceptors (Lipinski definition) is 2. The van der Waals surface area contributed by atoms with Crippen LogP contribution in [-0.4, -0.2) is 18.1 Å². The predicted molar refractivity (Wildman–Crippen MR) is 54.6 cm³/mol. The molecule has 1 aromatic rings. The Kier molecular flexibility index (Phi) is 2.90. The van der Waals surface area contributed by atoms with Crippen molar-refractivity contribution in [2.45, 2.75) is 18.5 Å². The molecule has 88 valence electrons. The molecule has 0 aromatic heterocycles. The fourth-order valence-electron chi connectivity index (χ4n) is 2.15. The van der Waals surface area contributed by atoms with E-state index in [1.165, 1.54) is 6.07 Å². The highest BCUT2D eigenvalue weighted by Gasteiger charge is 2.36. The van der Waals surface area contributed by atoms with Crippen molar-refractivity contribution in [2.24, 2.45) is 5.84 Å². The Bertz CT molecular complexity index is 376. The van der Waals surface area contributed by atoms with Crippen LogP contribution in [0.1, 0.15) is 23.5 Å². The van der Waals surface area contributed by atoms with E-state index in [2.05, 4.69) is 0 Å². The van der Waals surface area contributed by atoms with E-state index in [1.54, 1.807) is 17.1 Å². The molecule has 1 aliphatic heterocycles. The van der Waals surface area contributed by atoms with Crippen LogP contribution in [0.25, 0.3) is 0 Å². The summed E-state index contributed by atoms with van der Waals surface area (Å²) in [5.74, 6) is 5.47. The lowest BCUT2D eigenvalue weighted by atomic mass is 9.93. The fraction of sp³-hybridized carbons (Fsp3) is 0.455. The summed E-state index contributed by atoms with van der Waals surface area (Å²) in [5.41, 5.74) is -0.168. The van der Waals surface area contributed by atoms with Crippen molar-refractivity contribution in [1.29, 1.82) is 0 Å². The number of alkyl halides is 3. The largest absolute Gasteiger partial charge is 0.416 e. The molecular weight excluding hydrogens is 217 g/mol. The lowest BCUT2D eigenvalue weighted by Gasteiger charge is -2.17. The van der Waals surface area contributed by atoms with Crippen LogP contribution >= 0.6 is 0 Å². The fourth-order valence-corrected chi connectivity index (χ4v) is 2.15. The van der Waals surface area contributed by atoms with Crippen molar-refractivity contribution in [1.82, 2.24) is 5.01 Å². The average Bonchev–Trinajstić information content (AvgIpc) is 2.64. The van der Waals surface area contributed by atoms with E-state index < -0.39 is 11.7 Å². The maximum Gasteiger partial charge on any atom is 0.416 e. The molecule has 0 amide bonds. The molecule has 1 aromatic carbocycles. The molecule has 0 radical (unpaired) electrons. The molecule has 1 aliphatic rings. The van der Waals surface area contributed by atoms with E-state index in [-0.39, 0.29) is 5.92 Å². The smallest absolute Gasteiger partial charge is 0.269 e. The highest BCUT2D eigenvalue weighted by Crippen LogP contribution is 2.37. The number of hydrazine groups is 1. The first-order valence-corrected chi connectivity index (χ1v) is 5.14. The van der Waals surface area contributed by atoms with Crippen molar-refractivity contribution >= 4 is 0 Å². The van der Waals surface area contributed by atoms with Gasteiger partial charge in [0.25, 0.3) is 0 Å². The molecule has 1 saturated heterocycles. The summed E-state index contributed by atoms with van der Waals surface area (Å²) >= 11 is 0. The van der Waals surface area contributed by atoms with Crippen LogP contribution in [0.5, 0.6) is 0 Å². The van der Waals surface area contributed by atoms with Crippen molar-refractivity contribution in [3.8, 4) is 0 Å². The highest BCUT2D eigenvalue weighted by atomic mass is 19.4. The first-order valence-electron chi connectivity index (χ1n) is 5.14. The standard InChI is InChI=1S/C11H13F3N2/c12-11(13,14)10-4-2-1-3-9(10)8-5-6-16(15)7-8/h1-4,8H,5-7,15H2/t8-/m1/s1. The van der Waals surface area contributed by atoms with E-state index in [1.807, 2.05) is 0 Å². The Morgan fingerprint density at radius 1 is 1.25 bits per heavy atom. The minimum Gasteiger partial charge on any atom is -0.269 e. The van der Waals surface area contributed by atoms with E-state index in [0.29, 0.717) is 25.1 Å². The SMILES string of the molecule is NN1CC[C@@H](c2ccccc2C(F)(F)F)C1. The molecule has 5 heteroatoms. The molecular formula is C11H13F3N2. The van der Waals surface area contributed by atoms with Crippen LogP contribution in [0.15, 0.2) is 24.3 Å². The number of rotatable bonds is 1. The summed E-state index contributed by atoms with van der Waals surface area (Å²) in [6.45, 7) is 1.14. The minimum atomic E-state index is -4.28. The number of halogens is 3. The Hall–Kier alpha value is -1.07. The molecule has 16 heavy (non-hydrogen) atoms. The van der Waals surface area contributed by atoms with Gasteiger partial charge in [-0.2, -0.15) is 13.2 Å². The molecule has 0 spiro atoms. The van der Waals surface area contributed by atoms with Crippen LogP contribution in [0, 0.1) is 0 Å². The van der Waals surface area contributed by atoms with Gasteiger partial charge in [-0.25, -0.2) is 5.01 Å². The van der Waals surface area contributed by atoms with Gasteiger partial charge in [0.1, 0.15) is 0 Å². The normalized spacial score (nSPS) is 22.6. The van der Waals surface area contributed by atoms with E-state index in [4.69, 9.17) is 5.84 Å². The summed E-state index contributed by atoms with van der Waals surface area (Å²) in [6, 6.07) is 5.74. The van der Waals surface area contributed by atoms with Gasteiger partial charge in [0.15, 0.2) is 0 Å². The monoisotopic (exact) mass is 230 g/mol. The van der Waals surface area contributed by atoms with Crippen molar-refractivity contribution in [3.63, 3.8) is 0 Å². The average molecular weight is 230 g/mol. The van der Waals surface area contributed by atoms with Gasteiger partial charge >= 0.3 is 6.18 Å². The second-order valence-corrected chi connectivity index (χ2v) is 4.07. The van der Waals surface area contributed by atoms with Gasteiger partial charge in [-0.15, -0.1) is 0 Å². The van der Waals surface area contributed by atoms with Gasteiger partial charge in [0.2, 0.25) is 0 Å². The molecule has 0 saturated carbocycles. The zero-order valence-electron chi connectivity index (χ0n) is 8.67. The third-order valence-electron chi connectivity index (χ3n) is 2.93. The van der Waals surface area contributed by atoms with Crippen LogP contribution in [-0.2, 0) is 6.18 Å². The topological polar surface area (TPSA) is 29.3 Å². The Balaban J connectivity index is 2.34. The van der Waals surface area contributed by atoms with Gasteiger partial charge in [-0.05, 0) is 24.0 Å². The number of hydrogen-bond donors (Lipinski definition) is 1. The number of benzene rings is 1. The molecule has 1 atom stereocenters. The Morgan fingerprint density at radius 2 is 1.94 bits per heavy atom. The summed E-state index contributed by atoms with van der Waals surface area (Å²) in [6.07, 6.45) is -3.60. The first-order chi connectivity index (χ1) is 7.48. The highest BCUT2D eigenvalue weighted by molar-refractivity contribution is 5.33. The van der Waals surface area contributed by atoms with E-state index in [9.17, 15) is 13.2 Å². The number of nitrogens with two attached hydrogens (primary N) is 1. The van der Waals surface area contributed by atoms with E-state index in [0.717, 1.165) is 6.07 Å². The molecule has 2 N–H and O–H groups in total. The summed E-state index contributed by atoms with van der Waals surface area (Å²) in [4.78, 5) is 0. The summed E-state index contributed by atoms with van der Waals surface area (Å²) < 4.78 is 38.3. The molecule has 0 unspecified atom stereocenters. The molecule has 0 bridgehead atoms. The van der Waals surface area contributed by atoms with Crippen molar-refractivity contribution in [2.75, 3.05) is 13.1 Å². The van der Waals surface area contributed by atoms with E-state index >= 15 is 0 Å². The Morgan fingerprint density at radius 3 is 2.50 bits per heavy atom. The van der Waals surface area contributed by atoms with Crippen molar-refractivity contribution in [3.05, 3.63) is 35.4 Å². The van der Waals surface area contributed by atoms with Gasteiger partial charge in [-0.1, -0.05) is 18.2 Å². The zero-order chi connectivity index (χ0) is 11.8. The molecule has 2 nitrogen and oxygen atoms in total. The van der Waals surface area contributed by atoms with Gasteiger partial charge < -0.3 is 0 Å². The minimum absolute atomic E-state index is 0.108. The maximum absolute atomic E-state index is 12.8. The predicted octanol–water partition coefficient (Wildman–Crippen LogP) is 2.37. The lowest BCUT2D eigenvalue weighted by Crippen LogP contribution is -2.27. The van der Waals surface area contributed by atoms with Crippen molar-refractivity contribution < 1.29 is 13.2 Å². The van der Waals surface area contributed by atoms with Crippen LogP contribution in [0.3, 0.4) is 0 Å². The molecule has 1 fully saturated rings. The molecule has 1 heterocycles. The summed E-state index contributed by atoms with van der Waals surface area (Å²) in [7, 11) is 0. The number of nitrogens with zero attached hydrogens (tertiary/aromatic N) is 1. The molecule has 0 aliphatic carbocycles. The lowest BCUT2D eigenvalue weighted by molar-refractivity contribution is -0.138. The van der Waals surface area contributed by atoms with Crippen LogP contribution in [0.4, 0.5) is 13.2 Å². The third kappa shape index (κ3) is 2.20. The van der Waals surface area contributed by atoms with Crippen LogP contribution < -0.4 is 5.84 Å². The zero-order valence-corrected chi connectivity index (χ0v) is 8.67. The Labute approximate surface area is 91.8 Å². The van der Waals surface area contributed by atoms with Gasteiger partial charge in [0.05, 0.1) is 5.56 Å². The van der Waals surface area contributed by atoms with Gasteiger partial charge in [-0.3, -0.25) is 5.84 Å². The summed E-state index contributed by atoms with van der Waals surface area (Å²) in [5, 5.41) is 1.57. The first kappa shape index (κ1) is 11.4.